The summed E-state index contributed by atoms with van der Waals surface area (Å²) in [6.45, 7) is 10.5. The lowest BCUT2D eigenvalue weighted by molar-refractivity contribution is -0.137. The van der Waals surface area contributed by atoms with Crippen molar-refractivity contribution in [3.8, 4) is 0 Å². The number of imide groups is 1. The number of hydrogen-bond donors (Lipinski definition) is 0. The van der Waals surface area contributed by atoms with E-state index in [4.69, 9.17) is 0 Å². The van der Waals surface area contributed by atoms with Crippen LogP contribution in [0, 0.1) is 5.92 Å². The summed E-state index contributed by atoms with van der Waals surface area (Å²) in [5.74, 6) is 0.355. The van der Waals surface area contributed by atoms with Crippen LogP contribution in [0.25, 0.3) is 0 Å². The normalized spacial score (nSPS) is 27.5. The van der Waals surface area contributed by atoms with Gasteiger partial charge in [0.25, 0.3) is 5.91 Å². The summed E-state index contributed by atoms with van der Waals surface area (Å²) < 4.78 is 0. The molecule has 4 nitrogen and oxygen atoms in total. The van der Waals surface area contributed by atoms with Gasteiger partial charge in [-0.3, -0.25) is 9.69 Å². The lowest BCUT2D eigenvalue weighted by Crippen LogP contribution is -2.52. The second-order valence-electron chi connectivity index (χ2n) is 7.01. The Hall–Kier alpha value is -1.32. The third kappa shape index (κ3) is 2.07. The number of hydrogen-bond acceptors (Lipinski definition) is 2. The first-order valence-electron chi connectivity index (χ1n) is 7.01. The molecule has 2 aliphatic heterocycles. The number of urea groups is 1. The van der Waals surface area contributed by atoms with Crippen molar-refractivity contribution in [3.05, 3.63) is 12.2 Å². The molecular formula is C15H24N2O2. The highest BCUT2D eigenvalue weighted by Crippen LogP contribution is 2.41. The first-order valence-corrected chi connectivity index (χ1v) is 7.01. The van der Waals surface area contributed by atoms with Crippen LogP contribution in [0.3, 0.4) is 0 Å². The van der Waals surface area contributed by atoms with Crippen LogP contribution < -0.4 is 0 Å². The second kappa shape index (κ2) is 4.36. The van der Waals surface area contributed by atoms with Gasteiger partial charge in [-0.15, -0.1) is 0 Å². The number of carbonyl (C=O) groups is 2. The lowest BCUT2D eigenvalue weighted by Gasteiger charge is -2.37. The predicted molar refractivity (Wildman–Crippen MR) is 74.6 cm³/mol. The summed E-state index contributed by atoms with van der Waals surface area (Å²) in [6.07, 6.45) is 5.39. The third-order valence-electron chi connectivity index (χ3n) is 3.87. The SMILES string of the molecule is CC(C)CC12CC=CCN1C(=O)N(C(C)(C)C)C2=O. The van der Waals surface area contributed by atoms with Crippen molar-refractivity contribution in [1.82, 2.24) is 9.80 Å². The van der Waals surface area contributed by atoms with E-state index in [-0.39, 0.29) is 11.9 Å². The molecule has 0 aromatic rings. The fourth-order valence-corrected chi connectivity index (χ4v) is 3.17. The zero-order valence-electron chi connectivity index (χ0n) is 12.6. The molecule has 0 aromatic carbocycles. The van der Waals surface area contributed by atoms with Gasteiger partial charge in [-0.25, -0.2) is 4.79 Å². The highest BCUT2D eigenvalue weighted by Gasteiger charge is 2.59. The van der Waals surface area contributed by atoms with Crippen LogP contribution in [0.4, 0.5) is 4.79 Å². The molecule has 0 saturated carbocycles. The Morgan fingerprint density at radius 2 is 1.89 bits per heavy atom. The topological polar surface area (TPSA) is 40.6 Å². The molecule has 106 valence electrons. The van der Waals surface area contributed by atoms with Gasteiger partial charge in [-0.05, 0) is 39.5 Å². The molecule has 0 radical (unpaired) electrons. The van der Waals surface area contributed by atoms with Gasteiger partial charge >= 0.3 is 6.03 Å². The van der Waals surface area contributed by atoms with Gasteiger partial charge in [0, 0.05) is 12.1 Å². The van der Waals surface area contributed by atoms with Crippen molar-refractivity contribution < 1.29 is 9.59 Å². The molecule has 0 bridgehead atoms. The molecule has 1 atom stereocenters. The number of rotatable bonds is 2. The first kappa shape index (κ1) is 14.1. The summed E-state index contributed by atoms with van der Waals surface area (Å²) in [4.78, 5) is 28.7. The van der Waals surface area contributed by atoms with Gasteiger partial charge in [0.2, 0.25) is 0 Å². The summed E-state index contributed by atoms with van der Waals surface area (Å²) in [6, 6.07) is -0.137. The van der Waals surface area contributed by atoms with Crippen LogP contribution in [0.5, 0.6) is 0 Å². The van der Waals surface area contributed by atoms with Gasteiger partial charge in [0.15, 0.2) is 0 Å². The maximum absolute atomic E-state index is 12.9. The zero-order valence-corrected chi connectivity index (χ0v) is 12.6. The summed E-state index contributed by atoms with van der Waals surface area (Å²) in [5, 5.41) is 0. The van der Waals surface area contributed by atoms with E-state index >= 15 is 0 Å². The third-order valence-corrected chi connectivity index (χ3v) is 3.87. The summed E-state index contributed by atoms with van der Waals surface area (Å²) >= 11 is 0. The van der Waals surface area contributed by atoms with Crippen molar-refractivity contribution in [2.45, 2.75) is 58.5 Å². The molecule has 0 aromatic heterocycles. The van der Waals surface area contributed by atoms with E-state index in [9.17, 15) is 9.59 Å². The first-order chi connectivity index (χ1) is 8.70. The fourth-order valence-electron chi connectivity index (χ4n) is 3.17. The van der Waals surface area contributed by atoms with Crippen molar-refractivity contribution in [3.63, 3.8) is 0 Å². The number of amides is 3. The van der Waals surface area contributed by atoms with Gasteiger partial charge in [-0.1, -0.05) is 26.0 Å². The molecule has 0 N–H and O–H groups in total. The van der Waals surface area contributed by atoms with E-state index in [1.54, 1.807) is 4.90 Å². The lowest BCUT2D eigenvalue weighted by atomic mass is 9.82. The molecule has 1 unspecified atom stereocenters. The maximum atomic E-state index is 12.9. The molecule has 1 fully saturated rings. The molecule has 2 aliphatic rings. The minimum absolute atomic E-state index is 0.0250. The minimum Gasteiger partial charge on any atom is -0.305 e. The van der Waals surface area contributed by atoms with Gasteiger partial charge in [-0.2, -0.15) is 0 Å². The van der Waals surface area contributed by atoms with Gasteiger partial charge in [0.1, 0.15) is 5.54 Å². The number of nitrogens with zero attached hydrogens (tertiary/aromatic N) is 2. The molecule has 3 amide bonds. The van der Waals surface area contributed by atoms with Crippen LogP contribution in [0.1, 0.15) is 47.5 Å². The predicted octanol–water partition coefficient (Wildman–Crippen LogP) is 2.79. The standard InChI is InChI=1S/C15H24N2O2/c1-11(2)10-15-8-6-7-9-16(15)13(19)17(12(15)18)14(3,4)5/h6-7,11H,8-10H2,1-5H3. The van der Waals surface area contributed by atoms with E-state index in [1.165, 1.54) is 4.90 Å². The monoisotopic (exact) mass is 264 g/mol. The Bertz CT molecular complexity index is 434. The fraction of sp³-hybridized carbons (Fsp3) is 0.733. The Balaban J connectivity index is 2.46. The number of carbonyl (C=O) groups excluding carboxylic acids is 2. The average Bonchev–Trinajstić information content (AvgIpc) is 2.47. The van der Waals surface area contributed by atoms with E-state index in [1.807, 2.05) is 32.9 Å². The van der Waals surface area contributed by atoms with E-state index in [2.05, 4.69) is 13.8 Å². The highest BCUT2D eigenvalue weighted by atomic mass is 16.2. The molecule has 1 saturated heterocycles. The van der Waals surface area contributed by atoms with Crippen molar-refractivity contribution in [2.75, 3.05) is 6.54 Å². The number of fused-ring (bicyclic) bond motifs is 1. The zero-order chi connectivity index (χ0) is 14.4. The molecular weight excluding hydrogens is 240 g/mol. The summed E-state index contributed by atoms with van der Waals surface area (Å²) in [5.41, 5.74) is -1.11. The Kier molecular flexibility index (Phi) is 3.23. The minimum atomic E-state index is -0.646. The van der Waals surface area contributed by atoms with Crippen molar-refractivity contribution >= 4 is 11.9 Å². The molecule has 2 heterocycles. The molecule has 0 aliphatic carbocycles. The van der Waals surface area contributed by atoms with Crippen molar-refractivity contribution in [1.29, 1.82) is 0 Å². The quantitative estimate of drug-likeness (QED) is 0.568. The Morgan fingerprint density at radius 1 is 1.26 bits per heavy atom. The average molecular weight is 264 g/mol. The van der Waals surface area contributed by atoms with E-state index in [0.29, 0.717) is 18.9 Å². The van der Waals surface area contributed by atoms with Crippen LogP contribution in [0.15, 0.2) is 12.2 Å². The molecule has 4 heteroatoms. The van der Waals surface area contributed by atoms with Crippen LogP contribution >= 0.6 is 0 Å². The van der Waals surface area contributed by atoms with E-state index in [0.717, 1.165) is 6.42 Å². The van der Waals surface area contributed by atoms with Gasteiger partial charge < -0.3 is 4.90 Å². The smallest absolute Gasteiger partial charge is 0.305 e. The molecule has 2 rings (SSSR count). The Morgan fingerprint density at radius 3 is 2.42 bits per heavy atom. The second-order valence-corrected chi connectivity index (χ2v) is 7.01. The largest absolute Gasteiger partial charge is 0.328 e. The van der Waals surface area contributed by atoms with Gasteiger partial charge in [0.05, 0.1) is 0 Å². The molecule has 19 heavy (non-hydrogen) atoms. The van der Waals surface area contributed by atoms with E-state index < -0.39 is 11.1 Å². The molecule has 0 spiro atoms. The maximum Gasteiger partial charge on any atom is 0.328 e. The Labute approximate surface area is 115 Å². The highest BCUT2D eigenvalue weighted by molar-refractivity contribution is 6.08. The van der Waals surface area contributed by atoms with Crippen LogP contribution in [0.2, 0.25) is 0 Å². The summed E-state index contributed by atoms with van der Waals surface area (Å²) in [7, 11) is 0. The van der Waals surface area contributed by atoms with Crippen LogP contribution in [-0.4, -0.2) is 39.4 Å². The van der Waals surface area contributed by atoms with Crippen LogP contribution in [-0.2, 0) is 4.79 Å². The van der Waals surface area contributed by atoms with Crippen molar-refractivity contribution in [2.24, 2.45) is 5.92 Å².